The molecule has 0 spiro atoms. The molecule has 0 amide bonds. The molecule has 156 valence electrons. The first-order chi connectivity index (χ1) is 13.9. The fourth-order valence-corrected chi connectivity index (χ4v) is 4.86. The molecule has 2 unspecified atom stereocenters. The summed E-state index contributed by atoms with van der Waals surface area (Å²) in [6.45, 7) is 2.29. The second kappa shape index (κ2) is 9.80. The van der Waals surface area contributed by atoms with Gasteiger partial charge in [-0.2, -0.15) is 0 Å². The quantitative estimate of drug-likeness (QED) is 0.627. The van der Waals surface area contributed by atoms with Crippen molar-refractivity contribution in [3.05, 3.63) is 58.9 Å². The number of ether oxygens (including phenoxy) is 2. The molecule has 0 aromatic heterocycles. The van der Waals surface area contributed by atoms with Crippen molar-refractivity contribution in [1.29, 1.82) is 0 Å². The van der Waals surface area contributed by atoms with Gasteiger partial charge in [-0.25, -0.2) is 4.39 Å². The summed E-state index contributed by atoms with van der Waals surface area (Å²) in [5, 5.41) is 12.7. The van der Waals surface area contributed by atoms with Crippen molar-refractivity contribution >= 4 is 29.3 Å². The van der Waals surface area contributed by atoms with Gasteiger partial charge in [0.2, 0.25) is 0 Å². The van der Waals surface area contributed by atoms with Gasteiger partial charge in [-0.3, -0.25) is 4.79 Å². The van der Waals surface area contributed by atoms with E-state index in [0.717, 1.165) is 16.9 Å². The van der Waals surface area contributed by atoms with Crippen LogP contribution in [-0.4, -0.2) is 35.7 Å². The Labute approximate surface area is 178 Å². The number of aliphatic carboxylic acids is 1. The Hall–Kier alpha value is -1.80. The molecular weight excluding hydrogens is 417 g/mol. The number of carboxylic acid groups (broad SMARTS) is 1. The predicted octanol–water partition coefficient (Wildman–Crippen LogP) is 4.57. The molecule has 1 saturated heterocycles. The van der Waals surface area contributed by atoms with Crippen molar-refractivity contribution in [1.82, 2.24) is 5.32 Å². The lowest BCUT2D eigenvalue weighted by Crippen LogP contribution is -2.46. The number of nitrogens with one attached hydrogen (secondary N) is 1. The first-order valence-corrected chi connectivity index (χ1v) is 10.5. The maximum absolute atomic E-state index is 13.0. The van der Waals surface area contributed by atoms with Crippen molar-refractivity contribution in [3.63, 3.8) is 0 Å². The van der Waals surface area contributed by atoms with Gasteiger partial charge in [0.15, 0.2) is 0 Å². The lowest BCUT2D eigenvalue weighted by molar-refractivity contribution is -0.143. The van der Waals surface area contributed by atoms with Crippen molar-refractivity contribution < 1.29 is 23.8 Å². The summed E-state index contributed by atoms with van der Waals surface area (Å²) in [6.07, 6.45) is 0.336. The molecule has 8 heteroatoms. The van der Waals surface area contributed by atoms with Gasteiger partial charge in [0, 0.05) is 9.92 Å². The van der Waals surface area contributed by atoms with Gasteiger partial charge >= 0.3 is 5.97 Å². The van der Waals surface area contributed by atoms with E-state index in [9.17, 15) is 14.3 Å². The van der Waals surface area contributed by atoms with Gasteiger partial charge in [-0.15, -0.1) is 0 Å². The number of rotatable bonds is 8. The summed E-state index contributed by atoms with van der Waals surface area (Å²) in [7, 11) is 1.62. The fourth-order valence-electron chi connectivity index (χ4n) is 3.30. The molecule has 4 atom stereocenters. The zero-order chi connectivity index (χ0) is 21.0. The van der Waals surface area contributed by atoms with E-state index in [1.54, 1.807) is 25.2 Å². The van der Waals surface area contributed by atoms with E-state index < -0.39 is 18.1 Å². The Balaban J connectivity index is 1.64. The van der Waals surface area contributed by atoms with Crippen LogP contribution >= 0.6 is 23.4 Å². The highest BCUT2D eigenvalue weighted by Gasteiger charge is 2.40. The molecule has 0 radical (unpaired) electrons. The first kappa shape index (κ1) is 21.9. The zero-order valence-electron chi connectivity index (χ0n) is 16.1. The fraction of sp³-hybridized carbons (Fsp3) is 0.381. The van der Waals surface area contributed by atoms with Gasteiger partial charge in [0.1, 0.15) is 29.7 Å². The Kier molecular flexibility index (Phi) is 7.40. The highest BCUT2D eigenvalue weighted by atomic mass is 35.5. The van der Waals surface area contributed by atoms with Crippen LogP contribution in [-0.2, 0) is 16.1 Å². The van der Waals surface area contributed by atoms with Crippen LogP contribution in [0, 0.1) is 11.7 Å². The van der Waals surface area contributed by atoms with Crippen LogP contribution in [0.25, 0.3) is 0 Å². The second-order valence-corrected chi connectivity index (χ2v) is 8.67. The van der Waals surface area contributed by atoms with E-state index in [-0.39, 0.29) is 17.2 Å². The zero-order valence-corrected chi connectivity index (χ0v) is 17.7. The third-order valence-corrected chi connectivity index (χ3v) is 6.06. The summed E-state index contributed by atoms with van der Waals surface area (Å²) < 4.78 is 24.8. The van der Waals surface area contributed by atoms with Crippen LogP contribution < -0.4 is 10.1 Å². The monoisotopic (exact) mass is 439 g/mol. The van der Waals surface area contributed by atoms with Gasteiger partial charge < -0.3 is 19.9 Å². The first-order valence-electron chi connectivity index (χ1n) is 9.25. The van der Waals surface area contributed by atoms with Crippen LogP contribution in [0.1, 0.15) is 18.9 Å². The van der Waals surface area contributed by atoms with Crippen LogP contribution in [0.5, 0.6) is 5.75 Å². The Bertz CT molecular complexity index is 851. The normalized spacial score (nSPS) is 22.4. The van der Waals surface area contributed by atoms with E-state index in [0.29, 0.717) is 17.4 Å². The average molecular weight is 440 g/mol. The molecule has 2 aromatic carbocycles. The van der Waals surface area contributed by atoms with Gasteiger partial charge in [0.05, 0.1) is 6.10 Å². The standard InChI is InChI=1S/C21H23ClFNO4S/c1-12-7-18(28-20(12)19(24-2)21(25)26)29-17-9-14(22)8-16(10-17)27-11-13-3-5-15(23)6-4-13/h3-6,8-10,12,18-20,24H,7,11H2,1-2H3,(H,25,26)/t12-,18?,19?,20-/m1/s1. The predicted molar refractivity (Wildman–Crippen MR) is 111 cm³/mol. The van der Waals surface area contributed by atoms with Crippen LogP contribution in [0.15, 0.2) is 47.4 Å². The highest BCUT2D eigenvalue weighted by molar-refractivity contribution is 7.99. The molecule has 1 aliphatic heterocycles. The summed E-state index contributed by atoms with van der Waals surface area (Å²) in [5.41, 5.74) is 0.678. The van der Waals surface area contributed by atoms with E-state index in [1.165, 1.54) is 23.9 Å². The van der Waals surface area contributed by atoms with Crippen LogP contribution in [0.2, 0.25) is 5.02 Å². The minimum absolute atomic E-state index is 0.106. The molecule has 29 heavy (non-hydrogen) atoms. The molecule has 1 heterocycles. The number of likely N-dealkylation sites (N-methyl/N-ethyl adjacent to an activating group) is 1. The highest BCUT2D eigenvalue weighted by Crippen LogP contribution is 2.39. The van der Waals surface area contributed by atoms with Crippen molar-refractivity contribution in [2.45, 2.75) is 42.4 Å². The molecule has 3 rings (SSSR count). The van der Waals surface area contributed by atoms with Crippen molar-refractivity contribution in [2.24, 2.45) is 5.92 Å². The minimum atomic E-state index is -0.922. The maximum Gasteiger partial charge on any atom is 0.323 e. The number of halogens is 2. The Morgan fingerprint density at radius 2 is 2.10 bits per heavy atom. The Morgan fingerprint density at radius 3 is 2.76 bits per heavy atom. The lowest BCUT2D eigenvalue weighted by Gasteiger charge is -2.22. The van der Waals surface area contributed by atoms with E-state index in [4.69, 9.17) is 21.1 Å². The molecule has 0 aliphatic carbocycles. The molecule has 1 fully saturated rings. The third kappa shape index (κ3) is 5.85. The number of thioether (sulfide) groups is 1. The molecule has 0 saturated carbocycles. The molecule has 2 N–H and O–H groups in total. The van der Waals surface area contributed by atoms with Crippen LogP contribution in [0.4, 0.5) is 4.39 Å². The topological polar surface area (TPSA) is 67.8 Å². The number of benzene rings is 2. The van der Waals surface area contributed by atoms with Gasteiger partial charge in [0.25, 0.3) is 0 Å². The molecule has 1 aliphatic rings. The molecule has 0 bridgehead atoms. The van der Waals surface area contributed by atoms with Crippen LogP contribution in [0.3, 0.4) is 0 Å². The van der Waals surface area contributed by atoms with E-state index in [2.05, 4.69) is 5.32 Å². The minimum Gasteiger partial charge on any atom is -0.489 e. The molecule has 5 nitrogen and oxygen atoms in total. The summed E-state index contributed by atoms with van der Waals surface area (Å²) in [6, 6.07) is 10.8. The number of carboxylic acids is 1. The second-order valence-electron chi connectivity index (χ2n) is 7.00. The van der Waals surface area contributed by atoms with Crippen molar-refractivity contribution in [2.75, 3.05) is 7.05 Å². The molecule has 2 aromatic rings. The summed E-state index contributed by atoms with van der Waals surface area (Å²) >= 11 is 7.73. The van der Waals surface area contributed by atoms with Crippen molar-refractivity contribution in [3.8, 4) is 5.75 Å². The smallest absolute Gasteiger partial charge is 0.323 e. The number of carbonyl (C=O) groups is 1. The third-order valence-electron chi connectivity index (χ3n) is 4.77. The number of hydrogen-bond acceptors (Lipinski definition) is 5. The van der Waals surface area contributed by atoms with Gasteiger partial charge in [-0.05, 0) is 55.3 Å². The SMILES string of the molecule is CNC(C(=O)O)[C@@H]1OC(Sc2cc(Cl)cc(OCc3ccc(F)cc3)c2)C[C@H]1C. The largest absolute Gasteiger partial charge is 0.489 e. The molecular formula is C21H23ClFNO4S. The van der Waals surface area contributed by atoms with E-state index >= 15 is 0 Å². The average Bonchev–Trinajstić information content (AvgIpc) is 3.01. The lowest BCUT2D eigenvalue weighted by atomic mass is 9.98. The maximum atomic E-state index is 13.0. The van der Waals surface area contributed by atoms with E-state index in [1.807, 2.05) is 19.1 Å². The Morgan fingerprint density at radius 1 is 1.38 bits per heavy atom. The van der Waals surface area contributed by atoms with Gasteiger partial charge in [-0.1, -0.05) is 42.4 Å². The summed E-state index contributed by atoms with van der Waals surface area (Å²) in [5.74, 6) is -0.503. The summed E-state index contributed by atoms with van der Waals surface area (Å²) in [4.78, 5) is 12.3. The number of hydrogen-bond donors (Lipinski definition) is 2.